The molecule has 2 unspecified atom stereocenters. The second kappa shape index (κ2) is 74.7. The van der Waals surface area contributed by atoms with Crippen molar-refractivity contribution in [3.63, 3.8) is 0 Å². The van der Waals surface area contributed by atoms with Crippen LogP contribution < -0.4 is 5.73 Å². The smallest absolute Gasteiger partial charge is 0.462 e. The minimum absolute atomic E-state index is 0.0538. The average Bonchev–Trinajstić information content (AvgIpc) is 3.64. The standard InChI is InChI=1S/C79H148NO8P/c1-3-5-7-9-11-13-15-17-19-21-23-25-27-29-31-32-33-34-35-36-37-38-39-40-41-42-43-44-46-47-49-51-53-55-57-59-61-63-65-67-69-71-78(81)85-75-77(76-87-89(83,84)86-74-73-80)88-79(82)72-70-68-66-64-62-60-58-56-54-52-50-48-45-30-28-26-24-22-20-18-16-14-12-10-8-6-4-2/h15-18,21-24,28,30,77H,3-14,19-20,25-27,29,31-76,80H2,1-2H3,(H,83,84)/b17-15-,18-16-,23-21-,24-22-,30-28-. The molecule has 0 radical (unpaired) electrons. The molecule has 0 aromatic rings. The van der Waals surface area contributed by atoms with Crippen molar-refractivity contribution in [2.75, 3.05) is 26.4 Å². The molecule has 0 heterocycles. The van der Waals surface area contributed by atoms with Gasteiger partial charge in [0, 0.05) is 19.4 Å². The lowest BCUT2D eigenvalue weighted by molar-refractivity contribution is -0.161. The van der Waals surface area contributed by atoms with Gasteiger partial charge in [0.1, 0.15) is 6.61 Å². The lowest BCUT2D eigenvalue weighted by atomic mass is 10.0. The second-order valence-electron chi connectivity index (χ2n) is 26.2. The SMILES string of the molecule is CCCCCCC/C=C\C/C=C\C/C=C\CCCCCCCCCCCCCCC(=O)OC(COC(=O)CCCCCCCCCCCCCCCCCCCCCCCCCCCCCCC/C=C\C/C=C\CCCCCCC)COP(=O)(O)OCCN. The Kier molecular flexibility index (Phi) is 72.8. The molecule has 2 atom stereocenters. The van der Waals surface area contributed by atoms with Crippen LogP contribution in [0.15, 0.2) is 60.8 Å². The Labute approximate surface area is 552 Å². The van der Waals surface area contributed by atoms with E-state index in [0.29, 0.717) is 6.42 Å². The molecule has 0 spiro atoms. The summed E-state index contributed by atoms with van der Waals surface area (Å²) in [6.07, 6.45) is 97.8. The predicted octanol–water partition coefficient (Wildman–Crippen LogP) is 25.8. The first kappa shape index (κ1) is 86.7. The molecule has 89 heavy (non-hydrogen) atoms. The highest BCUT2D eigenvalue weighted by atomic mass is 31.2. The van der Waals surface area contributed by atoms with Crippen LogP contribution in [0.5, 0.6) is 0 Å². The normalized spacial score (nSPS) is 13.2. The van der Waals surface area contributed by atoms with Gasteiger partial charge in [-0.1, -0.05) is 364 Å². The van der Waals surface area contributed by atoms with Gasteiger partial charge >= 0.3 is 19.8 Å². The lowest BCUT2D eigenvalue weighted by Crippen LogP contribution is -2.29. The van der Waals surface area contributed by atoms with Crippen LogP contribution in [0.3, 0.4) is 0 Å². The van der Waals surface area contributed by atoms with Crippen molar-refractivity contribution < 1.29 is 37.6 Å². The Morgan fingerprint density at radius 3 is 0.865 bits per heavy atom. The third-order valence-corrected chi connectivity index (χ3v) is 18.4. The zero-order valence-electron chi connectivity index (χ0n) is 58.9. The van der Waals surface area contributed by atoms with Crippen molar-refractivity contribution in [2.45, 2.75) is 405 Å². The minimum atomic E-state index is -4.40. The van der Waals surface area contributed by atoms with Gasteiger partial charge in [-0.25, -0.2) is 4.57 Å². The van der Waals surface area contributed by atoms with Gasteiger partial charge in [-0.05, 0) is 83.5 Å². The Morgan fingerprint density at radius 2 is 0.584 bits per heavy atom. The Morgan fingerprint density at radius 1 is 0.337 bits per heavy atom. The number of hydrogen-bond acceptors (Lipinski definition) is 8. The third kappa shape index (κ3) is 74.6. The van der Waals surface area contributed by atoms with E-state index in [9.17, 15) is 19.0 Å². The molecule has 0 amide bonds. The number of unbranched alkanes of at least 4 members (excludes halogenated alkanes) is 51. The van der Waals surface area contributed by atoms with Crippen LogP contribution in [0.1, 0.15) is 399 Å². The number of esters is 2. The van der Waals surface area contributed by atoms with Crippen molar-refractivity contribution >= 4 is 19.8 Å². The summed E-state index contributed by atoms with van der Waals surface area (Å²) in [5, 5.41) is 0. The molecule has 0 aliphatic rings. The molecule has 9 nitrogen and oxygen atoms in total. The van der Waals surface area contributed by atoms with E-state index in [0.717, 1.165) is 57.8 Å². The van der Waals surface area contributed by atoms with E-state index >= 15 is 0 Å². The van der Waals surface area contributed by atoms with Crippen molar-refractivity contribution in [1.29, 1.82) is 0 Å². The van der Waals surface area contributed by atoms with Gasteiger partial charge in [-0.15, -0.1) is 0 Å². The molecule has 0 aromatic carbocycles. The van der Waals surface area contributed by atoms with Crippen LogP contribution in [0.4, 0.5) is 0 Å². The van der Waals surface area contributed by atoms with Crippen molar-refractivity contribution in [1.82, 2.24) is 0 Å². The van der Waals surface area contributed by atoms with Crippen molar-refractivity contribution in [3.8, 4) is 0 Å². The first-order chi connectivity index (χ1) is 43.8. The van der Waals surface area contributed by atoms with Gasteiger partial charge in [0.25, 0.3) is 0 Å². The summed E-state index contributed by atoms with van der Waals surface area (Å²) in [5.74, 6) is -0.811. The highest BCUT2D eigenvalue weighted by Crippen LogP contribution is 2.43. The van der Waals surface area contributed by atoms with Gasteiger partial charge < -0.3 is 20.1 Å². The van der Waals surface area contributed by atoms with Gasteiger partial charge in [-0.3, -0.25) is 18.6 Å². The Hall–Kier alpha value is -2.29. The summed E-state index contributed by atoms with van der Waals surface area (Å²) >= 11 is 0. The predicted molar refractivity (Wildman–Crippen MR) is 386 cm³/mol. The monoisotopic (exact) mass is 1270 g/mol. The first-order valence-electron chi connectivity index (χ1n) is 38.8. The second-order valence-corrected chi connectivity index (χ2v) is 27.7. The molecule has 10 heteroatoms. The van der Waals surface area contributed by atoms with Gasteiger partial charge in [0.05, 0.1) is 13.2 Å². The van der Waals surface area contributed by atoms with Gasteiger partial charge in [0.2, 0.25) is 0 Å². The maximum atomic E-state index is 12.8. The van der Waals surface area contributed by atoms with Crippen LogP contribution in [0, 0.1) is 0 Å². The highest BCUT2D eigenvalue weighted by Gasteiger charge is 2.26. The minimum Gasteiger partial charge on any atom is -0.462 e. The molecule has 3 N–H and O–H groups in total. The van der Waals surface area contributed by atoms with Crippen LogP contribution in [-0.2, 0) is 32.7 Å². The fourth-order valence-electron chi connectivity index (χ4n) is 11.6. The number of nitrogens with two attached hydrogens (primary N) is 1. The molecular weight excluding hydrogens is 1120 g/mol. The topological polar surface area (TPSA) is 134 Å². The van der Waals surface area contributed by atoms with E-state index in [1.165, 1.54) is 308 Å². The van der Waals surface area contributed by atoms with E-state index in [-0.39, 0.29) is 38.6 Å². The number of phosphoric ester groups is 1. The summed E-state index contributed by atoms with van der Waals surface area (Å²) in [6.45, 7) is 3.78. The average molecular weight is 1270 g/mol. The van der Waals surface area contributed by atoms with E-state index in [1.807, 2.05) is 0 Å². The molecular formula is C79H148NO8P. The van der Waals surface area contributed by atoms with E-state index in [4.69, 9.17) is 24.3 Å². The summed E-state index contributed by atoms with van der Waals surface area (Å²) in [4.78, 5) is 35.4. The number of carbonyl (C=O) groups is 2. The Balaban J connectivity index is 3.75. The van der Waals surface area contributed by atoms with E-state index in [1.54, 1.807) is 0 Å². The molecule has 0 saturated carbocycles. The first-order valence-corrected chi connectivity index (χ1v) is 40.3. The molecule has 0 aromatic heterocycles. The zero-order chi connectivity index (χ0) is 64.4. The van der Waals surface area contributed by atoms with E-state index < -0.39 is 26.5 Å². The number of allylic oxidation sites excluding steroid dienone is 10. The van der Waals surface area contributed by atoms with E-state index in [2.05, 4.69) is 74.6 Å². The Bertz CT molecular complexity index is 1640. The van der Waals surface area contributed by atoms with Crippen LogP contribution >= 0.6 is 7.82 Å². The molecule has 522 valence electrons. The number of carbonyl (C=O) groups excluding carboxylic acids is 2. The van der Waals surface area contributed by atoms with Crippen molar-refractivity contribution in [2.24, 2.45) is 5.73 Å². The lowest BCUT2D eigenvalue weighted by Gasteiger charge is -2.19. The molecule has 0 fully saturated rings. The summed E-state index contributed by atoms with van der Waals surface area (Å²) in [6, 6.07) is 0. The van der Waals surface area contributed by atoms with Crippen LogP contribution in [0.25, 0.3) is 0 Å². The summed E-state index contributed by atoms with van der Waals surface area (Å²) < 4.78 is 33.2. The number of rotatable bonds is 74. The number of ether oxygens (including phenoxy) is 2. The van der Waals surface area contributed by atoms with Crippen molar-refractivity contribution in [3.05, 3.63) is 60.8 Å². The van der Waals surface area contributed by atoms with Crippen LogP contribution in [0.2, 0.25) is 0 Å². The zero-order valence-corrected chi connectivity index (χ0v) is 59.8. The van der Waals surface area contributed by atoms with Crippen LogP contribution in [-0.4, -0.2) is 49.3 Å². The summed E-state index contributed by atoms with van der Waals surface area (Å²) in [7, 11) is -4.40. The van der Waals surface area contributed by atoms with Gasteiger partial charge in [0.15, 0.2) is 6.10 Å². The number of phosphoric acid groups is 1. The fourth-order valence-corrected chi connectivity index (χ4v) is 12.4. The number of hydrogen-bond donors (Lipinski definition) is 2. The highest BCUT2D eigenvalue weighted by molar-refractivity contribution is 7.47. The third-order valence-electron chi connectivity index (χ3n) is 17.4. The molecule has 0 saturated heterocycles. The maximum absolute atomic E-state index is 12.8. The fraction of sp³-hybridized carbons (Fsp3) is 0.848. The molecule has 0 aliphatic heterocycles. The molecule has 0 aliphatic carbocycles. The van der Waals surface area contributed by atoms with Gasteiger partial charge in [-0.2, -0.15) is 0 Å². The quantitative estimate of drug-likeness (QED) is 0.0264. The molecule has 0 rings (SSSR count). The maximum Gasteiger partial charge on any atom is 0.472 e. The largest absolute Gasteiger partial charge is 0.472 e. The molecule has 0 bridgehead atoms. The summed E-state index contributed by atoms with van der Waals surface area (Å²) in [5.41, 5.74) is 5.41.